The predicted octanol–water partition coefficient (Wildman–Crippen LogP) is 2.54. The fourth-order valence-corrected chi connectivity index (χ4v) is 4.31. The number of benzene rings is 1. The Morgan fingerprint density at radius 3 is 2.42 bits per heavy atom. The van der Waals surface area contributed by atoms with Gasteiger partial charge >= 0.3 is 0 Å². The molecule has 4 nitrogen and oxygen atoms in total. The van der Waals surface area contributed by atoms with Gasteiger partial charge in [-0.2, -0.15) is 4.31 Å². The fourth-order valence-electron chi connectivity index (χ4n) is 1.73. The van der Waals surface area contributed by atoms with E-state index in [-0.39, 0.29) is 0 Å². The standard InChI is InChI=1S/C13H16N2O2S2/c1-2-15(10-11-5-7-12(14)8-6-11)19(16,17)13-4-3-9-18-13/h3-9H,2,10,14H2,1H3. The molecule has 102 valence electrons. The quantitative estimate of drug-likeness (QED) is 0.862. The maximum Gasteiger partial charge on any atom is 0.252 e. The van der Waals surface area contributed by atoms with E-state index in [1.165, 1.54) is 15.6 Å². The van der Waals surface area contributed by atoms with Crippen LogP contribution in [-0.2, 0) is 16.6 Å². The van der Waals surface area contributed by atoms with Crippen molar-refractivity contribution in [1.82, 2.24) is 4.31 Å². The largest absolute Gasteiger partial charge is 0.399 e. The van der Waals surface area contributed by atoms with Crippen LogP contribution >= 0.6 is 11.3 Å². The minimum atomic E-state index is -3.40. The van der Waals surface area contributed by atoms with E-state index in [1.807, 2.05) is 19.1 Å². The molecule has 1 aromatic carbocycles. The Hall–Kier alpha value is -1.37. The maximum absolute atomic E-state index is 12.4. The van der Waals surface area contributed by atoms with Crippen LogP contribution in [0.2, 0.25) is 0 Å². The number of anilines is 1. The summed E-state index contributed by atoms with van der Waals surface area (Å²) in [5, 5.41) is 1.77. The van der Waals surface area contributed by atoms with Crippen LogP contribution in [0.1, 0.15) is 12.5 Å². The van der Waals surface area contributed by atoms with Crippen LogP contribution in [0.5, 0.6) is 0 Å². The molecule has 1 heterocycles. The van der Waals surface area contributed by atoms with Crippen molar-refractivity contribution in [3.05, 3.63) is 47.3 Å². The second kappa shape index (κ2) is 5.73. The zero-order valence-electron chi connectivity index (χ0n) is 10.6. The second-order valence-corrected chi connectivity index (χ2v) is 7.22. The van der Waals surface area contributed by atoms with Crippen molar-refractivity contribution < 1.29 is 8.42 Å². The number of hydrogen-bond acceptors (Lipinski definition) is 4. The van der Waals surface area contributed by atoms with Crippen molar-refractivity contribution in [2.45, 2.75) is 17.7 Å². The molecular formula is C13H16N2O2S2. The minimum absolute atomic E-state index is 0.358. The van der Waals surface area contributed by atoms with Gasteiger partial charge in [-0.25, -0.2) is 8.42 Å². The third-order valence-corrected chi connectivity index (χ3v) is 6.07. The summed E-state index contributed by atoms with van der Waals surface area (Å²) in [6.07, 6.45) is 0. The highest BCUT2D eigenvalue weighted by Gasteiger charge is 2.23. The van der Waals surface area contributed by atoms with E-state index >= 15 is 0 Å². The van der Waals surface area contributed by atoms with Gasteiger partial charge in [-0.05, 0) is 29.1 Å². The molecule has 0 radical (unpaired) electrons. The summed E-state index contributed by atoms with van der Waals surface area (Å²) in [4.78, 5) is 0. The van der Waals surface area contributed by atoms with Gasteiger partial charge in [0.25, 0.3) is 10.0 Å². The average molecular weight is 296 g/mol. The molecule has 0 unspecified atom stereocenters. The summed E-state index contributed by atoms with van der Waals surface area (Å²) in [5.74, 6) is 0. The Morgan fingerprint density at radius 2 is 1.89 bits per heavy atom. The predicted molar refractivity (Wildman–Crippen MR) is 78.4 cm³/mol. The summed E-state index contributed by atoms with van der Waals surface area (Å²) in [7, 11) is -3.40. The molecule has 1 aromatic heterocycles. The summed E-state index contributed by atoms with van der Waals surface area (Å²) < 4.78 is 26.7. The first-order valence-electron chi connectivity index (χ1n) is 5.92. The van der Waals surface area contributed by atoms with Gasteiger partial charge < -0.3 is 5.73 Å². The molecule has 0 spiro atoms. The molecule has 0 atom stereocenters. The molecule has 0 saturated carbocycles. The molecular weight excluding hydrogens is 280 g/mol. The number of thiophene rings is 1. The number of nitrogens with zero attached hydrogens (tertiary/aromatic N) is 1. The Balaban J connectivity index is 2.23. The monoisotopic (exact) mass is 296 g/mol. The van der Waals surface area contributed by atoms with Gasteiger partial charge in [-0.3, -0.25) is 0 Å². The van der Waals surface area contributed by atoms with E-state index in [0.29, 0.717) is 23.0 Å². The number of nitrogen functional groups attached to an aromatic ring is 1. The van der Waals surface area contributed by atoms with Crippen molar-refractivity contribution >= 4 is 27.0 Å². The second-order valence-electron chi connectivity index (χ2n) is 4.10. The van der Waals surface area contributed by atoms with Crippen LogP contribution in [0.25, 0.3) is 0 Å². The first kappa shape index (κ1) is 14.0. The SMILES string of the molecule is CCN(Cc1ccc(N)cc1)S(=O)(=O)c1cccs1. The molecule has 0 fully saturated rings. The van der Waals surface area contributed by atoms with Crippen molar-refractivity contribution in [3.63, 3.8) is 0 Å². The molecule has 19 heavy (non-hydrogen) atoms. The number of hydrogen-bond donors (Lipinski definition) is 1. The summed E-state index contributed by atoms with van der Waals surface area (Å²) in [6.45, 7) is 2.63. The zero-order chi connectivity index (χ0) is 13.9. The van der Waals surface area contributed by atoms with E-state index < -0.39 is 10.0 Å². The maximum atomic E-state index is 12.4. The topological polar surface area (TPSA) is 63.4 Å². The first-order valence-corrected chi connectivity index (χ1v) is 8.24. The van der Waals surface area contributed by atoms with E-state index in [4.69, 9.17) is 5.73 Å². The van der Waals surface area contributed by atoms with Gasteiger partial charge in [0.15, 0.2) is 0 Å². The van der Waals surface area contributed by atoms with Crippen molar-refractivity contribution in [2.75, 3.05) is 12.3 Å². The third-order valence-electron chi connectivity index (χ3n) is 2.78. The van der Waals surface area contributed by atoms with Gasteiger partial charge in [0.05, 0.1) is 0 Å². The van der Waals surface area contributed by atoms with Crippen molar-refractivity contribution in [1.29, 1.82) is 0 Å². The molecule has 0 aliphatic rings. The van der Waals surface area contributed by atoms with E-state index in [2.05, 4.69) is 0 Å². The highest BCUT2D eigenvalue weighted by Crippen LogP contribution is 2.22. The Bertz CT molecular complexity index is 619. The highest BCUT2D eigenvalue weighted by molar-refractivity contribution is 7.91. The van der Waals surface area contributed by atoms with Gasteiger partial charge in [-0.1, -0.05) is 25.1 Å². The lowest BCUT2D eigenvalue weighted by molar-refractivity contribution is 0.425. The normalized spacial score (nSPS) is 11.9. The lowest BCUT2D eigenvalue weighted by atomic mass is 10.2. The number of nitrogens with two attached hydrogens (primary N) is 1. The molecule has 2 rings (SSSR count). The van der Waals surface area contributed by atoms with Gasteiger partial charge in [0, 0.05) is 18.8 Å². The first-order chi connectivity index (χ1) is 9.04. The molecule has 0 saturated heterocycles. The smallest absolute Gasteiger partial charge is 0.252 e. The van der Waals surface area contributed by atoms with Crippen LogP contribution in [0.3, 0.4) is 0 Å². The highest BCUT2D eigenvalue weighted by atomic mass is 32.2. The average Bonchev–Trinajstić information content (AvgIpc) is 2.92. The van der Waals surface area contributed by atoms with Gasteiger partial charge in [-0.15, -0.1) is 11.3 Å². The molecule has 0 amide bonds. The third kappa shape index (κ3) is 3.15. The molecule has 0 bridgehead atoms. The van der Waals surface area contributed by atoms with Crippen LogP contribution in [0.15, 0.2) is 46.0 Å². The van der Waals surface area contributed by atoms with Crippen molar-refractivity contribution in [2.24, 2.45) is 0 Å². The van der Waals surface area contributed by atoms with Gasteiger partial charge in [0.2, 0.25) is 0 Å². The van der Waals surface area contributed by atoms with E-state index in [0.717, 1.165) is 5.56 Å². The molecule has 0 aliphatic heterocycles. The minimum Gasteiger partial charge on any atom is -0.399 e. The lowest BCUT2D eigenvalue weighted by Crippen LogP contribution is -2.29. The van der Waals surface area contributed by atoms with E-state index in [1.54, 1.807) is 29.6 Å². The molecule has 2 aromatic rings. The summed E-state index contributed by atoms with van der Waals surface area (Å²) in [5.41, 5.74) is 7.22. The Kier molecular flexibility index (Phi) is 4.24. The van der Waals surface area contributed by atoms with Crippen LogP contribution < -0.4 is 5.73 Å². The summed E-state index contributed by atoms with van der Waals surface area (Å²) >= 11 is 1.24. The van der Waals surface area contributed by atoms with Crippen LogP contribution in [0.4, 0.5) is 5.69 Å². The van der Waals surface area contributed by atoms with Crippen molar-refractivity contribution in [3.8, 4) is 0 Å². The number of sulfonamides is 1. The molecule has 2 N–H and O–H groups in total. The molecule has 0 aliphatic carbocycles. The Morgan fingerprint density at radius 1 is 1.21 bits per heavy atom. The molecule has 6 heteroatoms. The fraction of sp³-hybridized carbons (Fsp3) is 0.231. The van der Waals surface area contributed by atoms with Crippen LogP contribution in [-0.4, -0.2) is 19.3 Å². The van der Waals surface area contributed by atoms with Crippen LogP contribution in [0, 0.1) is 0 Å². The lowest BCUT2D eigenvalue weighted by Gasteiger charge is -2.19. The number of rotatable bonds is 5. The Labute approximate surface area is 117 Å². The zero-order valence-corrected chi connectivity index (χ0v) is 12.2. The van der Waals surface area contributed by atoms with E-state index in [9.17, 15) is 8.42 Å². The summed E-state index contributed by atoms with van der Waals surface area (Å²) in [6, 6.07) is 10.6. The van der Waals surface area contributed by atoms with Gasteiger partial charge in [0.1, 0.15) is 4.21 Å².